The summed E-state index contributed by atoms with van der Waals surface area (Å²) in [7, 11) is 0. The molecule has 5 nitrogen and oxygen atoms in total. The van der Waals surface area contributed by atoms with Gasteiger partial charge in [-0.1, -0.05) is 23.4 Å². The van der Waals surface area contributed by atoms with Crippen LogP contribution in [0, 0.1) is 5.82 Å². The molecule has 0 spiro atoms. The van der Waals surface area contributed by atoms with Crippen molar-refractivity contribution in [2.45, 2.75) is 6.42 Å². The van der Waals surface area contributed by atoms with Gasteiger partial charge in [-0.2, -0.15) is 4.98 Å². The zero-order chi connectivity index (χ0) is 14.7. The minimum absolute atomic E-state index is 0.0801. The molecule has 1 aromatic carbocycles. The van der Waals surface area contributed by atoms with Gasteiger partial charge in [0.1, 0.15) is 5.82 Å². The van der Waals surface area contributed by atoms with E-state index >= 15 is 0 Å². The molecule has 106 valence electrons. The number of hydrogen-bond donors (Lipinski definition) is 1. The van der Waals surface area contributed by atoms with Crippen LogP contribution in [-0.4, -0.2) is 16.0 Å². The van der Waals surface area contributed by atoms with Crippen LogP contribution in [-0.2, 0) is 11.2 Å². The Balaban J connectivity index is 1.67. The lowest BCUT2D eigenvalue weighted by molar-refractivity contribution is -0.115. The van der Waals surface area contributed by atoms with Gasteiger partial charge in [0.05, 0.1) is 17.0 Å². The smallest absolute Gasteiger partial charge is 0.267 e. The van der Waals surface area contributed by atoms with E-state index in [1.54, 1.807) is 12.1 Å². The predicted molar refractivity (Wildman–Crippen MR) is 76.3 cm³/mol. The predicted octanol–water partition coefficient (Wildman–Crippen LogP) is 3.12. The van der Waals surface area contributed by atoms with Crippen molar-refractivity contribution >= 4 is 22.9 Å². The second kappa shape index (κ2) is 5.84. The second-order valence-corrected chi connectivity index (χ2v) is 5.15. The number of hydrogen-bond acceptors (Lipinski definition) is 5. The Kier molecular flexibility index (Phi) is 3.74. The van der Waals surface area contributed by atoms with Gasteiger partial charge in [0.2, 0.25) is 5.91 Å². The van der Waals surface area contributed by atoms with Crippen molar-refractivity contribution in [3.05, 3.63) is 53.4 Å². The molecule has 0 aliphatic rings. The van der Waals surface area contributed by atoms with Gasteiger partial charge in [0.15, 0.2) is 5.82 Å². The van der Waals surface area contributed by atoms with Gasteiger partial charge in [0, 0.05) is 0 Å². The fraction of sp³-hybridized carbons (Fsp3) is 0.0714. The van der Waals surface area contributed by atoms with Crippen molar-refractivity contribution < 1.29 is 13.7 Å². The number of amides is 1. The van der Waals surface area contributed by atoms with Crippen LogP contribution in [0.1, 0.15) is 5.82 Å². The van der Waals surface area contributed by atoms with Crippen molar-refractivity contribution in [3.63, 3.8) is 0 Å². The molecular weight excluding hydrogens is 293 g/mol. The van der Waals surface area contributed by atoms with Crippen molar-refractivity contribution in [2.24, 2.45) is 0 Å². The third-order valence-electron chi connectivity index (χ3n) is 2.67. The fourth-order valence-electron chi connectivity index (χ4n) is 1.73. The second-order valence-electron chi connectivity index (χ2n) is 4.20. The van der Waals surface area contributed by atoms with Gasteiger partial charge in [-0.3, -0.25) is 4.79 Å². The molecule has 0 bridgehead atoms. The number of carbonyl (C=O) groups is 1. The number of thiophene rings is 1. The summed E-state index contributed by atoms with van der Waals surface area (Å²) in [4.78, 5) is 16.8. The highest BCUT2D eigenvalue weighted by Gasteiger charge is 2.14. The van der Waals surface area contributed by atoms with Crippen molar-refractivity contribution in [3.8, 4) is 10.8 Å². The molecule has 21 heavy (non-hydrogen) atoms. The summed E-state index contributed by atoms with van der Waals surface area (Å²) in [6.45, 7) is 0. The maximum Gasteiger partial charge on any atom is 0.267 e. The van der Waals surface area contributed by atoms with Gasteiger partial charge in [-0.05, 0) is 23.6 Å². The molecule has 2 heterocycles. The van der Waals surface area contributed by atoms with Crippen LogP contribution < -0.4 is 5.32 Å². The molecule has 3 rings (SSSR count). The first kappa shape index (κ1) is 13.4. The summed E-state index contributed by atoms with van der Waals surface area (Å²) in [6, 6.07) is 9.68. The number of para-hydroxylation sites is 1. The summed E-state index contributed by atoms with van der Waals surface area (Å²) >= 11 is 1.47. The topological polar surface area (TPSA) is 68.0 Å². The van der Waals surface area contributed by atoms with Crippen LogP contribution in [0.3, 0.4) is 0 Å². The van der Waals surface area contributed by atoms with E-state index in [0.717, 1.165) is 4.88 Å². The Bertz CT molecular complexity index is 755. The lowest BCUT2D eigenvalue weighted by Crippen LogP contribution is -2.16. The van der Waals surface area contributed by atoms with Gasteiger partial charge in [0.25, 0.3) is 5.89 Å². The van der Waals surface area contributed by atoms with Gasteiger partial charge in [-0.25, -0.2) is 4.39 Å². The lowest BCUT2D eigenvalue weighted by Gasteiger charge is -2.03. The molecule has 7 heteroatoms. The number of aromatic nitrogens is 2. The van der Waals surface area contributed by atoms with Crippen LogP contribution in [0.4, 0.5) is 10.1 Å². The molecule has 0 aliphatic heterocycles. The molecule has 1 amide bonds. The Hall–Kier alpha value is -2.54. The van der Waals surface area contributed by atoms with Crippen LogP contribution in [0.25, 0.3) is 10.8 Å². The summed E-state index contributed by atoms with van der Waals surface area (Å²) in [6.07, 6.45) is -0.0801. The molecule has 1 N–H and O–H groups in total. The van der Waals surface area contributed by atoms with Crippen molar-refractivity contribution in [2.75, 3.05) is 5.32 Å². The number of nitrogens with one attached hydrogen (secondary N) is 1. The Morgan fingerprint density at radius 1 is 1.29 bits per heavy atom. The third-order valence-corrected chi connectivity index (χ3v) is 3.52. The number of halogens is 1. The number of rotatable bonds is 4. The molecule has 0 saturated carbocycles. The molecule has 0 saturated heterocycles. The molecule has 3 aromatic rings. The minimum Gasteiger partial charge on any atom is -0.333 e. The van der Waals surface area contributed by atoms with Crippen LogP contribution >= 0.6 is 11.3 Å². The molecule has 0 radical (unpaired) electrons. The maximum absolute atomic E-state index is 13.4. The third kappa shape index (κ3) is 3.14. The van der Waals surface area contributed by atoms with E-state index in [2.05, 4.69) is 15.5 Å². The normalized spacial score (nSPS) is 10.5. The first-order valence-electron chi connectivity index (χ1n) is 6.13. The summed E-state index contributed by atoms with van der Waals surface area (Å²) in [5.41, 5.74) is 0.129. The van der Waals surface area contributed by atoms with Gasteiger partial charge in [-0.15, -0.1) is 11.3 Å². The van der Waals surface area contributed by atoms with Crippen LogP contribution in [0.2, 0.25) is 0 Å². The Morgan fingerprint density at radius 3 is 2.90 bits per heavy atom. The van der Waals surface area contributed by atoms with Crippen LogP contribution in [0.15, 0.2) is 46.3 Å². The van der Waals surface area contributed by atoms with Gasteiger partial charge >= 0.3 is 0 Å². The van der Waals surface area contributed by atoms with E-state index in [1.807, 2.05) is 17.5 Å². The van der Waals surface area contributed by atoms with E-state index in [-0.39, 0.29) is 17.9 Å². The van der Waals surface area contributed by atoms with Crippen molar-refractivity contribution in [1.29, 1.82) is 0 Å². The SMILES string of the molecule is O=C(Cc1noc(-c2cccs2)n1)Nc1ccccc1F. The monoisotopic (exact) mass is 303 g/mol. The first-order chi connectivity index (χ1) is 10.2. The van der Waals surface area contributed by atoms with E-state index in [4.69, 9.17) is 4.52 Å². The summed E-state index contributed by atoms with van der Waals surface area (Å²) in [5, 5.41) is 8.10. The highest BCUT2D eigenvalue weighted by atomic mass is 32.1. The van der Waals surface area contributed by atoms with E-state index in [9.17, 15) is 9.18 Å². The van der Waals surface area contributed by atoms with E-state index in [1.165, 1.54) is 23.5 Å². The standard InChI is InChI=1S/C14H10FN3O2S/c15-9-4-1-2-5-10(9)16-13(19)8-12-17-14(20-18-12)11-6-3-7-21-11/h1-7H,8H2,(H,16,19). The highest BCUT2D eigenvalue weighted by Crippen LogP contribution is 2.22. The highest BCUT2D eigenvalue weighted by molar-refractivity contribution is 7.13. The van der Waals surface area contributed by atoms with Gasteiger partial charge < -0.3 is 9.84 Å². The quantitative estimate of drug-likeness (QED) is 0.804. The zero-order valence-electron chi connectivity index (χ0n) is 10.7. The first-order valence-corrected chi connectivity index (χ1v) is 7.01. The summed E-state index contributed by atoms with van der Waals surface area (Å²) in [5.74, 6) is -0.261. The molecule has 0 fully saturated rings. The number of anilines is 1. The lowest BCUT2D eigenvalue weighted by atomic mass is 10.3. The van der Waals surface area contributed by atoms with E-state index in [0.29, 0.717) is 5.89 Å². The zero-order valence-corrected chi connectivity index (χ0v) is 11.6. The number of nitrogens with zero attached hydrogens (tertiary/aromatic N) is 2. The maximum atomic E-state index is 13.4. The van der Waals surface area contributed by atoms with E-state index < -0.39 is 11.7 Å². The average molecular weight is 303 g/mol. The summed E-state index contributed by atoms with van der Waals surface area (Å²) < 4.78 is 18.5. The molecule has 0 atom stereocenters. The number of benzene rings is 1. The minimum atomic E-state index is -0.488. The number of carbonyl (C=O) groups excluding carboxylic acids is 1. The molecular formula is C14H10FN3O2S. The fourth-order valence-corrected chi connectivity index (χ4v) is 2.37. The molecule has 0 aliphatic carbocycles. The Morgan fingerprint density at radius 2 is 2.14 bits per heavy atom. The van der Waals surface area contributed by atoms with Crippen LogP contribution in [0.5, 0.6) is 0 Å². The Labute approximate surface area is 123 Å². The largest absolute Gasteiger partial charge is 0.333 e. The average Bonchev–Trinajstić information content (AvgIpc) is 3.12. The van der Waals surface area contributed by atoms with Crippen molar-refractivity contribution in [1.82, 2.24) is 10.1 Å². The molecule has 2 aromatic heterocycles. The molecule has 0 unspecified atom stereocenters.